The van der Waals surface area contributed by atoms with Gasteiger partial charge >= 0.3 is 5.51 Å². The summed E-state index contributed by atoms with van der Waals surface area (Å²) >= 11 is 0.0870. The predicted molar refractivity (Wildman–Crippen MR) is 84.7 cm³/mol. The first kappa shape index (κ1) is 18.4. The van der Waals surface area contributed by atoms with E-state index in [1.165, 1.54) is 11.1 Å². The van der Waals surface area contributed by atoms with Crippen molar-refractivity contribution in [2.45, 2.75) is 38.6 Å². The third-order valence-corrected chi connectivity index (χ3v) is 4.03. The SMILES string of the molecule is CCCNCC(CCSC(F)(F)F)Cc1cccc(C)c1. The largest absolute Gasteiger partial charge is 0.441 e. The zero-order valence-corrected chi connectivity index (χ0v) is 13.5. The molecule has 0 radical (unpaired) electrons. The lowest BCUT2D eigenvalue weighted by molar-refractivity contribution is -0.0328. The molecule has 0 saturated heterocycles. The molecular weight excluding hydrogens is 295 g/mol. The normalized spacial score (nSPS) is 13.4. The monoisotopic (exact) mass is 319 g/mol. The molecule has 0 fully saturated rings. The summed E-state index contributed by atoms with van der Waals surface area (Å²) < 4.78 is 36.7. The molecular formula is C16H24F3NS. The molecule has 0 aromatic heterocycles. The van der Waals surface area contributed by atoms with E-state index in [1.807, 2.05) is 19.1 Å². The maximum Gasteiger partial charge on any atom is 0.441 e. The van der Waals surface area contributed by atoms with Crippen molar-refractivity contribution >= 4 is 11.8 Å². The second-order valence-corrected chi connectivity index (χ2v) is 6.51. The zero-order valence-electron chi connectivity index (χ0n) is 12.7. The summed E-state index contributed by atoms with van der Waals surface area (Å²) in [5, 5.41) is 3.33. The minimum absolute atomic E-state index is 0.0870. The molecule has 0 aliphatic heterocycles. The summed E-state index contributed by atoms with van der Waals surface area (Å²) in [5.74, 6) is 0.376. The molecule has 1 nitrogen and oxygen atoms in total. The number of nitrogens with one attached hydrogen (secondary N) is 1. The first-order valence-electron chi connectivity index (χ1n) is 7.37. The Balaban J connectivity index is 2.50. The average molecular weight is 319 g/mol. The van der Waals surface area contributed by atoms with E-state index in [1.54, 1.807) is 0 Å². The Morgan fingerprint density at radius 2 is 2.05 bits per heavy atom. The lowest BCUT2D eigenvalue weighted by Crippen LogP contribution is -2.25. The van der Waals surface area contributed by atoms with Crippen molar-refractivity contribution in [3.63, 3.8) is 0 Å². The Morgan fingerprint density at radius 1 is 1.29 bits per heavy atom. The van der Waals surface area contributed by atoms with Gasteiger partial charge in [0, 0.05) is 5.75 Å². The summed E-state index contributed by atoms with van der Waals surface area (Å²) in [6, 6.07) is 8.21. The summed E-state index contributed by atoms with van der Waals surface area (Å²) in [6.45, 7) is 5.81. The van der Waals surface area contributed by atoms with Gasteiger partial charge in [0.05, 0.1) is 0 Å². The van der Waals surface area contributed by atoms with Crippen LogP contribution in [0.1, 0.15) is 30.9 Å². The van der Waals surface area contributed by atoms with Crippen LogP contribution in [0.3, 0.4) is 0 Å². The van der Waals surface area contributed by atoms with Crippen molar-refractivity contribution in [1.82, 2.24) is 5.32 Å². The fraction of sp³-hybridized carbons (Fsp3) is 0.625. The lowest BCUT2D eigenvalue weighted by atomic mass is 9.96. The number of rotatable bonds is 9. The predicted octanol–water partition coefficient (Wildman–Crippen LogP) is 4.80. The van der Waals surface area contributed by atoms with E-state index in [2.05, 4.69) is 24.4 Å². The Bertz CT molecular complexity index is 407. The Kier molecular flexibility index (Phi) is 8.19. The van der Waals surface area contributed by atoms with Gasteiger partial charge in [-0.05, 0) is 50.8 Å². The number of alkyl halides is 3. The van der Waals surface area contributed by atoms with Gasteiger partial charge in [-0.1, -0.05) is 48.5 Å². The van der Waals surface area contributed by atoms with Crippen LogP contribution >= 0.6 is 11.8 Å². The van der Waals surface area contributed by atoms with Crippen LogP contribution in [0.25, 0.3) is 0 Å². The molecule has 0 amide bonds. The van der Waals surface area contributed by atoms with Crippen LogP contribution in [0, 0.1) is 12.8 Å². The minimum Gasteiger partial charge on any atom is -0.316 e. The van der Waals surface area contributed by atoms with Crippen molar-refractivity contribution in [2.75, 3.05) is 18.8 Å². The standard InChI is InChI=1S/C16H24F3NS/c1-3-8-20-12-15(7-9-21-16(17,18)19)11-14-6-4-5-13(2)10-14/h4-6,10,15,20H,3,7-9,11-12H2,1-2H3. The van der Waals surface area contributed by atoms with Crippen LogP contribution in [0.5, 0.6) is 0 Å². The topological polar surface area (TPSA) is 12.0 Å². The number of hydrogen-bond acceptors (Lipinski definition) is 2. The highest BCUT2D eigenvalue weighted by Gasteiger charge is 2.28. The quantitative estimate of drug-likeness (QED) is 0.656. The second-order valence-electron chi connectivity index (χ2n) is 5.35. The van der Waals surface area contributed by atoms with Crippen molar-refractivity contribution in [3.05, 3.63) is 35.4 Å². The molecule has 21 heavy (non-hydrogen) atoms. The molecule has 0 heterocycles. The van der Waals surface area contributed by atoms with Gasteiger partial charge in [0.25, 0.3) is 0 Å². The Morgan fingerprint density at radius 3 is 2.67 bits per heavy atom. The molecule has 0 aliphatic rings. The molecule has 1 unspecified atom stereocenters. The van der Waals surface area contributed by atoms with Gasteiger partial charge in [0.15, 0.2) is 0 Å². The highest BCUT2D eigenvalue weighted by molar-refractivity contribution is 8.00. The number of aryl methyl sites for hydroxylation is 1. The summed E-state index contributed by atoms with van der Waals surface area (Å²) in [7, 11) is 0. The number of halogens is 3. The van der Waals surface area contributed by atoms with Crippen molar-refractivity contribution < 1.29 is 13.2 Å². The fourth-order valence-corrected chi connectivity index (χ4v) is 2.96. The van der Waals surface area contributed by atoms with Gasteiger partial charge in [0.2, 0.25) is 0 Å². The molecule has 1 atom stereocenters. The van der Waals surface area contributed by atoms with Gasteiger partial charge in [-0.3, -0.25) is 0 Å². The smallest absolute Gasteiger partial charge is 0.316 e. The van der Waals surface area contributed by atoms with Gasteiger partial charge in [-0.25, -0.2) is 0 Å². The van der Waals surface area contributed by atoms with E-state index >= 15 is 0 Å². The van der Waals surface area contributed by atoms with E-state index in [9.17, 15) is 13.2 Å². The second kappa shape index (κ2) is 9.36. The highest BCUT2D eigenvalue weighted by Crippen LogP contribution is 2.31. The highest BCUT2D eigenvalue weighted by atomic mass is 32.2. The number of hydrogen-bond donors (Lipinski definition) is 1. The van der Waals surface area contributed by atoms with Crippen LogP contribution < -0.4 is 5.32 Å². The molecule has 0 saturated carbocycles. The number of thioether (sulfide) groups is 1. The van der Waals surface area contributed by atoms with Crippen LogP contribution in [0.15, 0.2) is 24.3 Å². The van der Waals surface area contributed by atoms with E-state index in [0.717, 1.165) is 25.9 Å². The molecule has 1 rings (SSSR count). The maximum absolute atomic E-state index is 12.2. The van der Waals surface area contributed by atoms with Crippen LogP contribution in [0.2, 0.25) is 0 Å². The Labute approximate surface area is 129 Å². The van der Waals surface area contributed by atoms with Crippen molar-refractivity contribution in [2.24, 2.45) is 5.92 Å². The summed E-state index contributed by atoms with van der Waals surface area (Å²) in [5.41, 5.74) is -1.72. The fourth-order valence-electron chi connectivity index (χ4n) is 2.27. The van der Waals surface area contributed by atoms with E-state index < -0.39 is 5.51 Å². The molecule has 1 aromatic rings. The van der Waals surface area contributed by atoms with Crippen LogP contribution in [-0.4, -0.2) is 24.4 Å². The summed E-state index contributed by atoms with van der Waals surface area (Å²) in [6.07, 6.45) is 2.44. The molecule has 0 aliphatic carbocycles. The molecule has 120 valence electrons. The molecule has 1 N–H and O–H groups in total. The van der Waals surface area contributed by atoms with Crippen LogP contribution in [-0.2, 0) is 6.42 Å². The van der Waals surface area contributed by atoms with E-state index in [0.29, 0.717) is 6.42 Å². The van der Waals surface area contributed by atoms with E-state index in [4.69, 9.17) is 0 Å². The maximum atomic E-state index is 12.2. The average Bonchev–Trinajstić information content (AvgIpc) is 2.37. The van der Waals surface area contributed by atoms with Crippen molar-refractivity contribution in [3.8, 4) is 0 Å². The Hall–Kier alpha value is -0.680. The molecule has 0 bridgehead atoms. The van der Waals surface area contributed by atoms with Gasteiger partial charge in [-0.15, -0.1) is 0 Å². The van der Waals surface area contributed by atoms with Crippen LogP contribution in [0.4, 0.5) is 13.2 Å². The van der Waals surface area contributed by atoms with Gasteiger partial charge < -0.3 is 5.32 Å². The molecule has 0 spiro atoms. The lowest BCUT2D eigenvalue weighted by Gasteiger charge is -2.18. The minimum atomic E-state index is -4.12. The summed E-state index contributed by atoms with van der Waals surface area (Å²) in [4.78, 5) is 0. The molecule has 1 aromatic carbocycles. The third-order valence-electron chi connectivity index (χ3n) is 3.26. The molecule has 5 heteroatoms. The zero-order chi connectivity index (χ0) is 15.7. The third kappa shape index (κ3) is 9.04. The van der Waals surface area contributed by atoms with E-state index in [-0.39, 0.29) is 23.4 Å². The van der Waals surface area contributed by atoms with Gasteiger partial charge in [0.1, 0.15) is 0 Å². The van der Waals surface area contributed by atoms with Crippen molar-refractivity contribution in [1.29, 1.82) is 0 Å². The first-order chi connectivity index (χ1) is 9.90. The van der Waals surface area contributed by atoms with Gasteiger partial charge in [-0.2, -0.15) is 13.2 Å². The first-order valence-corrected chi connectivity index (χ1v) is 8.36. The number of benzene rings is 1.